The Kier molecular flexibility index (Phi) is 4.13. The molecule has 29 heavy (non-hydrogen) atoms. The number of nitrogens with one attached hydrogen (secondary N) is 1. The highest BCUT2D eigenvalue weighted by atomic mass is 16.2. The maximum absolute atomic E-state index is 12.9. The van der Waals surface area contributed by atoms with Gasteiger partial charge < -0.3 is 15.1 Å². The molecule has 5 nitrogen and oxygen atoms in total. The lowest BCUT2D eigenvalue weighted by Crippen LogP contribution is -2.56. The Balaban J connectivity index is 1.46. The molecular weight excluding hydrogens is 360 g/mol. The Morgan fingerprint density at radius 3 is 2.31 bits per heavy atom. The Hall–Kier alpha value is -3.52. The Morgan fingerprint density at radius 2 is 1.59 bits per heavy atom. The van der Waals surface area contributed by atoms with Crippen molar-refractivity contribution in [1.82, 2.24) is 5.32 Å². The van der Waals surface area contributed by atoms with Gasteiger partial charge in [0.15, 0.2) is 0 Å². The molecule has 5 rings (SSSR count). The first-order valence-electron chi connectivity index (χ1n) is 10.0. The molecule has 0 saturated carbocycles. The normalized spacial score (nSPS) is 18.1. The molecule has 0 aromatic heterocycles. The van der Waals surface area contributed by atoms with Gasteiger partial charge in [0.05, 0.1) is 18.3 Å². The maximum atomic E-state index is 12.9. The fraction of sp³-hybridized carbons (Fsp3) is 0.250. The second-order valence-electron chi connectivity index (χ2n) is 7.74. The topological polar surface area (TPSA) is 59.4 Å². The van der Waals surface area contributed by atoms with Gasteiger partial charge in [-0.25, -0.2) is 0 Å². The molecule has 5 heteroatoms. The average Bonchev–Trinajstić information content (AvgIpc) is 3.10. The standard InChI is InChI=1S/C24H22N4O/c25-16-18-10-11-22(21-9-5-4-8-20(18)21)27-14-12-24(13-15-27)23(29)26-17-28(24)19-6-2-1-3-7-19/h1-11H,12-15,17H2,(H,26,29). The fourth-order valence-electron chi connectivity index (χ4n) is 4.81. The van der Waals surface area contributed by atoms with Gasteiger partial charge in [0, 0.05) is 35.2 Å². The molecule has 0 unspecified atom stereocenters. The van der Waals surface area contributed by atoms with E-state index < -0.39 is 5.54 Å². The van der Waals surface area contributed by atoms with E-state index in [1.54, 1.807) is 0 Å². The zero-order chi connectivity index (χ0) is 19.8. The summed E-state index contributed by atoms with van der Waals surface area (Å²) in [7, 11) is 0. The predicted octanol–water partition coefficient (Wildman–Crippen LogP) is 3.64. The smallest absolute Gasteiger partial charge is 0.247 e. The van der Waals surface area contributed by atoms with Crippen molar-refractivity contribution in [3.8, 4) is 6.07 Å². The first kappa shape index (κ1) is 17.6. The number of carbonyl (C=O) groups is 1. The highest BCUT2D eigenvalue weighted by Crippen LogP contribution is 2.39. The number of para-hydroxylation sites is 1. The summed E-state index contributed by atoms with van der Waals surface area (Å²) in [6, 6.07) is 24.5. The quantitative estimate of drug-likeness (QED) is 0.735. The van der Waals surface area contributed by atoms with Crippen LogP contribution in [-0.4, -0.2) is 31.2 Å². The molecule has 2 aliphatic heterocycles. The third kappa shape index (κ3) is 2.72. The second-order valence-corrected chi connectivity index (χ2v) is 7.74. The molecule has 1 amide bonds. The molecular formula is C24H22N4O. The maximum Gasteiger partial charge on any atom is 0.247 e. The van der Waals surface area contributed by atoms with Crippen LogP contribution in [0.1, 0.15) is 18.4 Å². The van der Waals surface area contributed by atoms with Crippen LogP contribution in [0.25, 0.3) is 10.8 Å². The zero-order valence-corrected chi connectivity index (χ0v) is 16.1. The van der Waals surface area contributed by atoms with E-state index in [-0.39, 0.29) is 5.91 Å². The van der Waals surface area contributed by atoms with Gasteiger partial charge in [-0.2, -0.15) is 5.26 Å². The van der Waals surface area contributed by atoms with E-state index in [0.717, 1.165) is 48.1 Å². The lowest BCUT2D eigenvalue weighted by Gasteiger charge is -2.44. The van der Waals surface area contributed by atoms with Crippen molar-refractivity contribution in [3.63, 3.8) is 0 Å². The number of piperidine rings is 1. The molecule has 144 valence electrons. The summed E-state index contributed by atoms with van der Waals surface area (Å²) >= 11 is 0. The van der Waals surface area contributed by atoms with Gasteiger partial charge in [-0.15, -0.1) is 0 Å². The van der Waals surface area contributed by atoms with Gasteiger partial charge in [0.1, 0.15) is 5.54 Å². The number of benzene rings is 3. The van der Waals surface area contributed by atoms with Crippen molar-refractivity contribution in [2.75, 3.05) is 29.6 Å². The summed E-state index contributed by atoms with van der Waals surface area (Å²) in [4.78, 5) is 17.4. The number of anilines is 2. The molecule has 1 spiro atoms. The van der Waals surface area contributed by atoms with E-state index in [1.807, 2.05) is 48.5 Å². The lowest BCUT2D eigenvalue weighted by atomic mass is 9.85. The molecule has 2 heterocycles. The van der Waals surface area contributed by atoms with Crippen LogP contribution in [0, 0.1) is 11.3 Å². The van der Waals surface area contributed by atoms with Crippen molar-refractivity contribution in [3.05, 3.63) is 72.3 Å². The minimum Gasteiger partial charge on any atom is -0.371 e. The zero-order valence-electron chi connectivity index (χ0n) is 16.1. The van der Waals surface area contributed by atoms with Crippen molar-refractivity contribution >= 4 is 28.1 Å². The van der Waals surface area contributed by atoms with Gasteiger partial charge in [-0.3, -0.25) is 4.79 Å². The summed E-state index contributed by atoms with van der Waals surface area (Å²) in [6.07, 6.45) is 1.53. The van der Waals surface area contributed by atoms with Crippen molar-refractivity contribution in [2.45, 2.75) is 18.4 Å². The summed E-state index contributed by atoms with van der Waals surface area (Å²) in [5.74, 6) is 0.130. The van der Waals surface area contributed by atoms with Crippen LogP contribution in [0.3, 0.4) is 0 Å². The number of carbonyl (C=O) groups excluding carboxylic acids is 1. The summed E-state index contributed by atoms with van der Waals surface area (Å²) in [5, 5.41) is 14.6. The third-order valence-corrected chi connectivity index (χ3v) is 6.36. The number of nitriles is 1. The van der Waals surface area contributed by atoms with Gasteiger partial charge in [-0.1, -0.05) is 42.5 Å². The molecule has 3 aromatic rings. The average molecular weight is 382 g/mol. The van der Waals surface area contributed by atoms with Crippen LogP contribution in [0.4, 0.5) is 11.4 Å². The van der Waals surface area contributed by atoms with E-state index >= 15 is 0 Å². The molecule has 0 atom stereocenters. The van der Waals surface area contributed by atoms with Crippen molar-refractivity contribution in [2.24, 2.45) is 0 Å². The summed E-state index contributed by atoms with van der Waals surface area (Å²) < 4.78 is 0. The van der Waals surface area contributed by atoms with E-state index in [1.165, 1.54) is 0 Å². The van der Waals surface area contributed by atoms with Crippen molar-refractivity contribution in [1.29, 1.82) is 5.26 Å². The minimum absolute atomic E-state index is 0.130. The second kappa shape index (κ2) is 6.82. The number of hydrogen-bond acceptors (Lipinski definition) is 4. The number of nitrogens with zero attached hydrogens (tertiary/aromatic N) is 3. The van der Waals surface area contributed by atoms with Gasteiger partial charge in [0.2, 0.25) is 5.91 Å². The first-order valence-corrected chi connectivity index (χ1v) is 10.0. The van der Waals surface area contributed by atoms with E-state index in [4.69, 9.17) is 0 Å². The largest absolute Gasteiger partial charge is 0.371 e. The Morgan fingerprint density at radius 1 is 0.897 bits per heavy atom. The lowest BCUT2D eigenvalue weighted by molar-refractivity contribution is -0.124. The fourth-order valence-corrected chi connectivity index (χ4v) is 4.81. The van der Waals surface area contributed by atoms with Gasteiger partial charge in [0.25, 0.3) is 0 Å². The number of fused-ring (bicyclic) bond motifs is 1. The van der Waals surface area contributed by atoms with E-state index in [0.29, 0.717) is 12.2 Å². The number of hydrogen-bond donors (Lipinski definition) is 1. The van der Waals surface area contributed by atoms with Crippen LogP contribution in [0.2, 0.25) is 0 Å². The van der Waals surface area contributed by atoms with E-state index in [2.05, 4.69) is 39.4 Å². The van der Waals surface area contributed by atoms with Crippen LogP contribution in [0.5, 0.6) is 0 Å². The third-order valence-electron chi connectivity index (χ3n) is 6.36. The molecule has 0 aliphatic carbocycles. The van der Waals surface area contributed by atoms with Gasteiger partial charge in [-0.05, 0) is 37.1 Å². The highest BCUT2D eigenvalue weighted by Gasteiger charge is 2.50. The van der Waals surface area contributed by atoms with Crippen LogP contribution < -0.4 is 15.1 Å². The van der Waals surface area contributed by atoms with Crippen LogP contribution in [0.15, 0.2) is 66.7 Å². The number of rotatable bonds is 2. The molecule has 1 N–H and O–H groups in total. The van der Waals surface area contributed by atoms with Crippen molar-refractivity contribution < 1.29 is 4.79 Å². The molecule has 0 radical (unpaired) electrons. The van der Waals surface area contributed by atoms with Gasteiger partial charge >= 0.3 is 0 Å². The highest BCUT2D eigenvalue weighted by molar-refractivity contribution is 5.98. The number of amides is 1. The molecule has 3 aromatic carbocycles. The minimum atomic E-state index is -0.486. The SMILES string of the molecule is N#Cc1ccc(N2CCC3(CC2)C(=O)NCN3c2ccccc2)c2ccccc12. The van der Waals surface area contributed by atoms with Crippen LogP contribution >= 0.6 is 0 Å². The first-order chi connectivity index (χ1) is 14.2. The summed E-state index contributed by atoms with van der Waals surface area (Å²) in [5.41, 5.74) is 2.44. The predicted molar refractivity (Wildman–Crippen MR) is 115 cm³/mol. The Labute approximate surface area is 170 Å². The molecule has 2 fully saturated rings. The Bertz CT molecular complexity index is 1110. The van der Waals surface area contributed by atoms with Crippen LogP contribution in [-0.2, 0) is 4.79 Å². The molecule has 0 bridgehead atoms. The summed E-state index contributed by atoms with van der Waals surface area (Å²) in [6.45, 7) is 2.15. The monoisotopic (exact) mass is 382 g/mol. The molecule has 2 aliphatic rings. The molecule has 2 saturated heterocycles. The van der Waals surface area contributed by atoms with E-state index in [9.17, 15) is 10.1 Å².